The van der Waals surface area contributed by atoms with E-state index in [-0.39, 0.29) is 0 Å². The predicted octanol–water partition coefficient (Wildman–Crippen LogP) is 5.66. The molecule has 0 aromatic carbocycles. The Morgan fingerprint density at radius 1 is 0.947 bits per heavy atom. The summed E-state index contributed by atoms with van der Waals surface area (Å²) >= 11 is 0. The smallest absolute Gasteiger partial charge is 0.0576 e. The van der Waals surface area contributed by atoms with Gasteiger partial charge in [-0.15, -0.1) is 0 Å². The number of likely N-dealkylation sites (tertiary alicyclic amines) is 1. The summed E-state index contributed by atoms with van der Waals surface area (Å²) in [6, 6.07) is 6.08. The normalized spacial score (nSPS) is 17.3. The zero-order valence-corrected chi connectivity index (χ0v) is 14.8. The minimum atomic E-state index is -1.03. The van der Waals surface area contributed by atoms with Gasteiger partial charge in [0.05, 0.1) is 8.07 Å². The summed E-state index contributed by atoms with van der Waals surface area (Å²) in [4.78, 5) is 2.55. The van der Waals surface area contributed by atoms with Gasteiger partial charge in [-0.2, -0.15) is 0 Å². The zero-order chi connectivity index (χ0) is 14.1. The van der Waals surface area contributed by atoms with Crippen molar-refractivity contribution in [3.8, 4) is 0 Å². The molecule has 1 nitrogen and oxygen atoms in total. The number of nitrogens with zero attached hydrogens (tertiary/aromatic N) is 1. The van der Waals surface area contributed by atoms with Crippen molar-refractivity contribution in [2.24, 2.45) is 0 Å². The summed E-state index contributed by atoms with van der Waals surface area (Å²) in [5.74, 6) is 0. The molecule has 0 bridgehead atoms. The molecule has 0 unspecified atom stereocenters. The van der Waals surface area contributed by atoms with Crippen molar-refractivity contribution in [3.63, 3.8) is 0 Å². The molecular weight excluding hydrogens is 246 g/mol. The Hall–Kier alpha value is -0.243. The van der Waals surface area contributed by atoms with Crippen LogP contribution in [0.5, 0.6) is 0 Å². The fraction of sp³-hybridized carbons (Fsp3) is 0.882. The molecule has 0 radical (unpaired) electrons. The third kappa shape index (κ3) is 5.72. The van der Waals surface area contributed by atoms with Crippen molar-refractivity contribution >= 4 is 8.07 Å². The van der Waals surface area contributed by atoms with Gasteiger partial charge in [0, 0.05) is 13.1 Å². The lowest BCUT2D eigenvalue weighted by atomic mass is 10.4. The molecule has 1 rings (SSSR count). The van der Waals surface area contributed by atoms with Crippen molar-refractivity contribution in [1.29, 1.82) is 0 Å². The van der Waals surface area contributed by atoms with Gasteiger partial charge in [-0.3, -0.25) is 0 Å². The zero-order valence-electron chi connectivity index (χ0n) is 13.8. The minimum Gasteiger partial charge on any atom is -0.377 e. The molecule has 0 aliphatic carbocycles. The summed E-state index contributed by atoms with van der Waals surface area (Å²) < 4.78 is 0. The van der Waals surface area contributed by atoms with Gasteiger partial charge in [-0.05, 0) is 32.0 Å². The van der Waals surface area contributed by atoms with Crippen molar-refractivity contribution in [1.82, 2.24) is 4.90 Å². The van der Waals surface area contributed by atoms with Gasteiger partial charge in [0.15, 0.2) is 0 Å². The summed E-state index contributed by atoms with van der Waals surface area (Å²) in [7, 11) is -1.03. The lowest BCUT2D eigenvalue weighted by Crippen LogP contribution is -2.34. The van der Waals surface area contributed by atoms with Gasteiger partial charge in [-0.1, -0.05) is 63.7 Å². The highest BCUT2D eigenvalue weighted by Crippen LogP contribution is 2.33. The molecule has 1 heterocycles. The summed E-state index contributed by atoms with van der Waals surface area (Å²) in [5, 5.41) is 0. The van der Waals surface area contributed by atoms with E-state index >= 15 is 0 Å². The first-order valence-corrected chi connectivity index (χ1v) is 11.4. The van der Waals surface area contributed by atoms with Crippen LogP contribution in [-0.4, -0.2) is 26.1 Å². The Kier molecular flexibility index (Phi) is 7.82. The van der Waals surface area contributed by atoms with Gasteiger partial charge >= 0.3 is 0 Å². The molecule has 1 fully saturated rings. The Balaban J connectivity index is 2.67. The molecule has 112 valence electrons. The largest absolute Gasteiger partial charge is 0.377 e. The highest BCUT2D eigenvalue weighted by Gasteiger charge is 2.30. The average Bonchev–Trinajstić information content (AvgIpc) is 2.82. The Morgan fingerprint density at radius 2 is 1.42 bits per heavy atom. The number of allylic oxidation sites excluding steroid dienone is 1. The van der Waals surface area contributed by atoms with Gasteiger partial charge in [0.2, 0.25) is 0 Å². The Bertz CT molecular complexity index is 249. The molecule has 1 aliphatic rings. The van der Waals surface area contributed by atoms with Crippen LogP contribution in [-0.2, 0) is 0 Å². The van der Waals surface area contributed by atoms with E-state index in [9.17, 15) is 0 Å². The van der Waals surface area contributed by atoms with Crippen LogP contribution in [0.15, 0.2) is 11.8 Å². The first kappa shape index (κ1) is 16.8. The predicted molar refractivity (Wildman–Crippen MR) is 90.4 cm³/mol. The second-order valence-corrected chi connectivity index (χ2v) is 11.5. The molecule has 19 heavy (non-hydrogen) atoms. The molecule has 1 saturated heterocycles. The van der Waals surface area contributed by atoms with E-state index in [1.807, 2.05) is 0 Å². The van der Waals surface area contributed by atoms with E-state index in [4.69, 9.17) is 0 Å². The maximum atomic E-state index is 2.55. The van der Waals surface area contributed by atoms with Crippen molar-refractivity contribution in [3.05, 3.63) is 11.8 Å². The van der Waals surface area contributed by atoms with Crippen molar-refractivity contribution in [2.75, 3.05) is 13.1 Å². The van der Waals surface area contributed by atoms with Crippen LogP contribution in [0.4, 0.5) is 0 Å². The molecule has 0 amide bonds. The van der Waals surface area contributed by atoms with Gasteiger partial charge in [0.25, 0.3) is 0 Å². The SMILES string of the molecule is CCC[Si](CCC)(CCC)CC(C)=CN1CCCC1. The summed E-state index contributed by atoms with van der Waals surface area (Å²) in [6.07, 6.45) is 9.46. The molecule has 0 spiro atoms. The molecule has 0 N–H and O–H groups in total. The summed E-state index contributed by atoms with van der Waals surface area (Å²) in [6.45, 7) is 12.1. The lowest BCUT2D eigenvalue weighted by Gasteiger charge is -2.32. The van der Waals surface area contributed by atoms with Crippen molar-refractivity contribution < 1.29 is 0 Å². The summed E-state index contributed by atoms with van der Waals surface area (Å²) in [5.41, 5.74) is 1.67. The van der Waals surface area contributed by atoms with Crippen LogP contribution in [0.3, 0.4) is 0 Å². The van der Waals surface area contributed by atoms with Crippen LogP contribution in [0.1, 0.15) is 59.8 Å². The van der Waals surface area contributed by atoms with E-state index in [1.54, 1.807) is 23.7 Å². The second kappa shape index (κ2) is 8.83. The van der Waals surface area contributed by atoms with E-state index < -0.39 is 8.07 Å². The van der Waals surface area contributed by atoms with Crippen molar-refractivity contribution in [2.45, 2.75) is 84.0 Å². The highest BCUT2D eigenvalue weighted by molar-refractivity contribution is 6.80. The standard InChI is InChI=1S/C17H35NSi/c1-5-12-19(13-6-2,14-7-3)16-17(4)15-18-10-8-9-11-18/h15H,5-14,16H2,1-4H3. The van der Waals surface area contributed by atoms with E-state index in [0.29, 0.717) is 0 Å². The molecule has 0 atom stereocenters. The first-order valence-electron chi connectivity index (χ1n) is 8.57. The Labute approximate surface area is 122 Å². The minimum absolute atomic E-state index is 1.03. The second-order valence-electron chi connectivity index (χ2n) is 6.65. The lowest BCUT2D eigenvalue weighted by molar-refractivity contribution is 0.464. The number of hydrogen-bond donors (Lipinski definition) is 0. The van der Waals surface area contributed by atoms with Gasteiger partial charge in [-0.25, -0.2) is 0 Å². The molecule has 0 aromatic heterocycles. The molecule has 0 saturated carbocycles. The number of rotatable bonds is 9. The maximum absolute atomic E-state index is 2.55. The third-order valence-electron chi connectivity index (χ3n) is 4.54. The van der Waals surface area contributed by atoms with E-state index in [1.165, 1.54) is 51.2 Å². The van der Waals surface area contributed by atoms with E-state index in [2.05, 4.69) is 38.8 Å². The number of hydrogen-bond acceptors (Lipinski definition) is 1. The quantitative estimate of drug-likeness (QED) is 0.493. The molecule has 0 aromatic rings. The molecule has 2 heteroatoms. The van der Waals surface area contributed by atoms with Crippen LogP contribution in [0.2, 0.25) is 24.2 Å². The van der Waals surface area contributed by atoms with Crippen LogP contribution in [0.25, 0.3) is 0 Å². The monoisotopic (exact) mass is 281 g/mol. The molecule has 1 aliphatic heterocycles. The highest BCUT2D eigenvalue weighted by atomic mass is 28.3. The van der Waals surface area contributed by atoms with Crippen LogP contribution in [0, 0.1) is 0 Å². The van der Waals surface area contributed by atoms with Gasteiger partial charge in [0.1, 0.15) is 0 Å². The maximum Gasteiger partial charge on any atom is 0.0576 e. The van der Waals surface area contributed by atoms with Crippen LogP contribution >= 0.6 is 0 Å². The first-order chi connectivity index (χ1) is 9.15. The fourth-order valence-corrected chi connectivity index (χ4v) is 9.79. The Morgan fingerprint density at radius 3 is 1.84 bits per heavy atom. The van der Waals surface area contributed by atoms with E-state index in [0.717, 1.165) is 0 Å². The topological polar surface area (TPSA) is 3.24 Å². The third-order valence-corrected chi connectivity index (χ3v) is 10.5. The molecular formula is C17H35NSi. The fourth-order valence-electron chi connectivity index (χ4n) is 4.05. The van der Waals surface area contributed by atoms with Gasteiger partial charge < -0.3 is 4.90 Å². The average molecular weight is 282 g/mol. The van der Waals surface area contributed by atoms with Crippen LogP contribution < -0.4 is 0 Å².